The number of hydrogen-bond donors (Lipinski definition) is 1. The maximum absolute atomic E-state index is 4.26. The largest absolute Gasteiger partial charge is 0.308 e. The molecule has 0 saturated carbocycles. The van der Waals surface area contributed by atoms with Gasteiger partial charge in [0.2, 0.25) is 0 Å². The lowest BCUT2D eigenvalue weighted by atomic mass is 10.4. The Morgan fingerprint density at radius 2 is 2.25 bits per heavy atom. The van der Waals surface area contributed by atoms with Crippen molar-refractivity contribution in [2.45, 2.75) is 13.1 Å². The Labute approximate surface area is 113 Å². The van der Waals surface area contributed by atoms with Gasteiger partial charge >= 0.3 is 0 Å². The maximum atomic E-state index is 4.26. The molecular formula is C9H8Br2N4S. The summed E-state index contributed by atoms with van der Waals surface area (Å²) in [6.07, 6.45) is 0. The lowest BCUT2D eigenvalue weighted by Crippen LogP contribution is -2.28. The van der Waals surface area contributed by atoms with Crippen LogP contribution < -0.4 is 5.32 Å². The van der Waals surface area contributed by atoms with Crippen molar-refractivity contribution in [1.82, 2.24) is 20.1 Å². The van der Waals surface area contributed by atoms with Crippen LogP contribution in [-0.2, 0) is 13.1 Å². The molecule has 0 fully saturated rings. The van der Waals surface area contributed by atoms with E-state index in [1.807, 2.05) is 0 Å². The topological polar surface area (TPSA) is 42.7 Å². The zero-order valence-corrected chi connectivity index (χ0v) is 12.2. The van der Waals surface area contributed by atoms with E-state index in [1.54, 1.807) is 11.3 Å². The highest BCUT2D eigenvalue weighted by Crippen LogP contribution is 2.37. The van der Waals surface area contributed by atoms with Crippen LogP contribution in [-0.4, -0.2) is 21.3 Å². The summed E-state index contributed by atoms with van der Waals surface area (Å²) in [4.78, 5) is 1.14. The van der Waals surface area contributed by atoms with Gasteiger partial charge in [-0.15, -0.1) is 21.5 Å². The fourth-order valence-corrected chi connectivity index (χ4v) is 3.76. The molecule has 0 aromatic carbocycles. The molecule has 0 aliphatic carbocycles. The molecule has 0 atom stereocenters. The molecule has 0 saturated heterocycles. The van der Waals surface area contributed by atoms with E-state index in [2.05, 4.69) is 58.0 Å². The van der Waals surface area contributed by atoms with Gasteiger partial charge in [-0.1, -0.05) is 0 Å². The number of rotatable bonds is 1. The minimum absolute atomic E-state index is 0.806. The van der Waals surface area contributed by atoms with Crippen molar-refractivity contribution in [2.75, 3.05) is 6.54 Å². The molecule has 0 spiro atoms. The van der Waals surface area contributed by atoms with Crippen LogP contribution in [0.4, 0.5) is 0 Å². The molecular weight excluding hydrogens is 356 g/mol. The molecule has 2 aromatic rings. The molecule has 3 heterocycles. The van der Waals surface area contributed by atoms with Crippen LogP contribution in [0.3, 0.4) is 0 Å². The molecule has 4 nitrogen and oxygen atoms in total. The summed E-state index contributed by atoms with van der Waals surface area (Å²) in [5.41, 5.74) is 0. The van der Waals surface area contributed by atoms with Crippen molar-refractivity contribution in [3.8, 4) is 10.7 Å². The van der Waals surface area contributed by atoms with Gasteiger partial charge in [0.05, 0.1) is 15.2 Å². The first-order valence-electron chi connectivity index (χ1n) is 4.83. The summed E-state index contributed by atoms with van der Waals surface area (Å²) < 4.78 is 4.34. The summed E-state index contributed by atoms with van der Waals surface area (Å²) in [5.74, 6) is 1.98. The van der Waals surface area contributed by atoms with Crippen molar-refractivity contribution in [3.63, 3.8) is 0 Å². The Morgan fingerprint density at radius 3 is 3.00 bits per heavy atom. The smallest absolute Gasteiger partial charge is 0.174 e. The van der Waals surface area contributed by atoms with Gasteiger partial charge in [-0.05, 0) is 37.9 Å². The van der Waals surface area contributed by atoms with Crippen LogP contribution >= 0.6 is 43.2 Å². The number of fused-ring (bicyclic) bond motifs is 1. The van der Waals surface area contributed by atoms with Gasteiger partial charge in [0.15, 0.2) is 5.82 Å². The monoisotopic (exact) mass is 362 g/mol. The van der Waals surface area contributed by atoms with Gasteiger partial charge in [0, 0.05) is 17.6 Å². The normalized spacial score (nSPS) is 15.1. The second-order valence-corrected chi connectivity index (χ2v) is 6.72. The molecule has 0 bridgehead atoms. The Kier molecular flexibility index (Phi) is 2.87. The molecule has 3 rings (SSSR count). The summed E-state index contributed by atoms with van der Waals surface area (Å²) in [5, 5.41) is 11.7. The van der Waals surface area contributed by atoms with E-state index in [-0.39, 0.29) is 0 Å². The third-order valence-corrected chi connectivity index (χ3v) is 5.74. The molecule has 84 valence electrons. The Balaban J connectivity index is 2.09. The molecule has 7 heteroatoms. The SMILES string of the molecule is Brc1cc(-c2nnc3n2CCNC3)sc1Br. The van der Waals surface area contributed by atoms with E-state index >= 15 is 0 Å². The number of aromatic nitrogens is 3. The standard InChI is InChI=1S/C9H8Br2N4S/c10-5-3-6(16-8(5)11)9-14-13-7-4-12-1-2-15(7)9/h3,12H,1-2,4H2. The summed E-state index contributed by atoms with van der Waals surface area (Å²) in [6, 6.07) is 2.08. The van der Waals surface area contributed by atoms with Gasteiger partial charge in [-0.3, -0.25) is 0 Å². The molecule has 16 heavy (non-hydrogen) atoms. The van der Waals surface area contributed by atoms with Gasteiger partial charge < -0.3 is 9.88 Å². The Morgan fingerprint density at radius 1 is 1.38 bits per heavy atom. The van der Waals surface area contributed by atoms with E-state index in [9.17, 15) is 0 Å². The number of hydrogen-bond acceptors (Lipinski definition) is 4. The zero-order chi connectivity index (χ0) is 11.1. The number of halogens is 2. The van der Waals surface area contributed by atoms with E-state index in [0.717, 1.165) is 44.4 Å². The van der Waals surface area contributed by atoms with E-state index in [4.69, 9.17) is 0 Å². The van der Waals surface area contributed by atoms with Gasteiger partial charge in [-0.25, -0.2) is 0 Å². The second kappa shape index (κ2) is 4.21. The van der Waals surface area contributed by atoms with Gasteiger partial charge in [-0.2, -0.15) is 0 Å². The van der Waals surface area contributed by atoms with Gasteiger partial charge in [0.1, 0.15) is 5.82 Å². The minimum atomic E-state index is 0.806. The van der Waals surface area contributed by atoms with Crippen LogP contribution in [0, 0.1) is 0 Å². The average molecular weight is 364 g/mol. The van der Waals surface area contributed by atoms with Crippen molar-refractivity contribution >= 4 is 43.2 Å². The first-order chi connectivity index (χ1) is 7.75. The first kappa shape index (κ1) is 10.9. The first-order valence-corrected chi connectivity index (χ1v) is 7.24. The fraction of sp³-hybridized carbons (Fsp3) is 0.333. The van der Waals surface area contributed by atoms with Crippen molar-refractivity contribution in [2.24, 2.45) is 0 Å². The summed E-state index contributed by atoms with van der Waals surface area (Å²) in [7, 11) is 0. The molecule has 0 amide bonds. The Hall–Kier alpha value is -0.240. The number of nitrogens with zero attached hydrogens (tertiary/aromatic N) is 3. The Bertz CT molecular complexity index is 514. The minimum Gasteiger partial charge on any atom is -0.308 e. The van der Waals surface area contributed by atoms with E-state index in [1.165, 1.54) is 0 Å². The van der Waals surface area contributed by atoms with Crippen LogP contribution in [0.2, 0.25) is 0 Å². The molecule has 1 aliphatic rings. The number of thiophene rings is 1. The van der Waals surface area contributed by atoms with E-state index in [0.29, 0.717) is 0 Å². The van der Waals surface area contributed by atoms with Crippen LogP contribution in [0.25, 0.3) is 10.7 Å². The van der Waals surface area contributed by atoms with E-state index < -0.39 is 0 Å². The predicted molar refractivity (Wildman–Crippen MR) is 70.4 cm³/mol. The molecule has 0 radical (unpaired) electrons. The summed E-state index contributed by atoms with van der Waals surface area (Å²) >= 11 is 8.66. The molecule has 0 unspecified atom stereocenters. The third-order valence-electron chi connectivity index (χ3n) is 2.49. The highest BCUT2D eigenvalue weighted by atomic mass is 79.9. The van der Waals surface area contributed by atoms with Crippen LogP contribution in [0.5, 0.6) is 0 Å². The van der Waals surface area contributed by atoms with Crippen LogP contribution in [0.15, 0.2) is 14.3 Å². The lowest BCUT2D eigenvalue weighted by molar-refractivity contribution is 0.508. The fourth-order valence-electron chi connectivity index (χ4n) is 1.73. The lowest BCUT2D eigenvalue weighted by Gasteiger charge is -2.15. The molecule has 1 N–H and O–H groups in total. The maximum Gasteiger partial charge on any atom is 0.174 e. The number of nitrogens with one attached hydrogen (secondary N) is 1. The third kappa shape index (κ3) is 1.75. The highest BCUT2D eigenvalue weighted by molar-refractivity contribution is 9.13. The molecule has 1 aliphatic heterocycles. The van der Waals surface area contributed by atoms with Crippen molar-refractivity contribution in [1.29, 1.82) is 0 Å². The van der Waals surface area contributed by atoms with Gasteiger partial charge in [0.25, 0.3) is 0 Å². The van der Waals surface area contributed by atoms with Crippen molar-refractivity contribution in [3.05, 3.63) is 20.1 Å². The second-order valence-electron chi connectivity index (χ2n) is 3.50. The molecule has 2 aromatic heterocycles. The highest BCUT2D eigenvalue weighted by Gasteiger charge is 2.18. The van der Waals surface area contributed by atoms with Crippen molar-refractivity contribution < 1.29 is 0 Å². The summed E-state index contributed by atoms with van der Waals surface area (Å²) in [6.45, 7) is 2.72. The average Bonchev–Trinajstić information content (AvgIpc) is 2.83. The predicted octanol–water partition coefficient (Wildman–Crippen LogP) is 2.63. The van der Waals surface area contributed by atoms with Crippen LogP contribution in [0.1, 0.15) is 5.82 Å². The quantitative estimate of drug-likeness (QED) is 0.846. The zero-order valence-electron chi connectivity index (χ0n) is 8.20.